The molecule has 0 aromatic rings. The predicted octanol–water partition coefficient (Wildman–Crippen LogP) is 5.07. The lowest BCUT2D eigenvalue weighted by atomic mass is 9.84. The average molecular weight is 220 g/mol. The zero-order chi connectivity index (χ0) is 11.9. The minimum atomic E-state index is -1.20. The third-order valence-corrected chi connectivity index (χ3v) is 3.30. The summed E-state index contributed by atoms with van der Waals surface area (Å²) in [6.07, 6.45) is 3.20. The van der Waals surface area contributed by atoms with Gasteiger partial charge in [0.25, 0.3) is 0 Å². The van der Waals surface area contributed by atoms with E-state index in [0.717, 1.165) is 19.3 Å². The van der Waals surface area contributed by atoms with Gasteiger partial charge in [-0.3, -0.25) is 0 Å². The van der Waals surface area contributed by atoms with Crippen molar-refractivity contribution < 1.29 is 8.78 Å². The Morgan fingerprint density at radius 2 is 1.60 bits per heavy atom. The van der Waals surface area contributed by atoms with Crippen molar-refractivity contribution in [3.8, 4) is 0 Å². The molecule has 0 heterocycles. The van der Waals surface area contributed by atoms with Gasteiger partial charge >= 0.3 is 0 Å². The van der Waals surface area contributed by atoms with Gasteiger partial charge in [-0.05, 0) is 38.5 Å². The Balaban J connectivity index is 3.91. The molecule has 0 amide bonds. The summed E-state index contributed by atoms with van der Waals surface area (Å²) < 4.78 is 27.3. The van der Waals surface area contributed by atoms with E-state index in [1.807, 2.05) is 13.8 Å². The first-order valence-electron chi connectivity index (χ1n) is 6.27. The fraction of sp³-hybridized carbons (Fsp3) is 1.00. The largest absolute Gasteiger partial charge is 0.247 e. The van der Waals surface area contributed by atoms with Crippen LogP contribution in [0.25, 0.3) is 0 Å². The van der Waals surface area contributed by atoms with Crippen molar-refractivity contribution in [3.05, 3.63) is 0 Å². The minimum Gasteiger partial charge on any atom is -0.247 e. The van der Waals surface area contributed by atoms with Crippen LogP contribution in [0.5, 0.6) is 0 Å². The SMILES string of the molecule is CCCC(F)CCC(C)(F)C(C)CCC. The van der Waals surface area contributed by atoms with E-state index < -0.39 is 11.8 Å². The van der Waals surface area contributed by atoms with Crippen molar-refractivity contribution in [2.75, 3.05) is 0 Å². The Kier molecular flexibility index (Phi) is 7.12. The molecule has 0 nitrogen and oxygen atoms in total. The first kappa shape index (κ1) is 14.9. The molecule has 0 aliphatic carbocycles. The van der Waals surface area contributed by atoms with E-state index in [9.17, 15) is 8.78 Å². The lowest BCUT2D eigenvalue weighted by molar-refractivity contribution is 0.0814. The molecule has 92 valence electrons. The molecule has 0 radical (unpaired) electrons. The second-order valence-electron chi connectivity index (χ2n) is 4.89. The van der Waals surface area contributed by atoms with Crippen molar-refractivity contribution in [2.24, 2.45) is 5.92 Å². The molecule has 0 bridgehead atoms. The smallest absolute Gasteiger partial charge is 0.110 e. The first-order chi connectivity index (χ1) is 6.94. The normalized spacial score (nSPS) is 19.6. The average Bonchev–Trinajstić information content (AvgIpc) is 2.16. The molecule has 0 aliphatic rings. The van der Waals surface area contributed by atoms with Crippen LogP contribution in [0.3, 0.4) is 0 Å². The molecule has 0 N–H and O–H groups in total. The Labute approximate surface area is 93.4 Å². The van der Waals surface area contributed by atoms with Gasteiger partial charge in [0.2, 0.25) is 0 Å². The number of rotatable bonds is 8. The zero-order valence-electron chi connectivity index (χ0n) is 10.7. The monoisotopic (exact) mass is 220 g/mol. The van der Waals surface area contributed by atoms with E-state index >= 15 is 0 Å². The summed E-state index contributed by atoms with van der Waals surface area (Å²) in [6.45, 7) is 7.56. The van der Waals surface area contributed by atoms with Gasteiger partial charge in [0.05, 0.1) is 0 Å². The first-order valence-corrected chi connectivity index (χ1v) is 6.27. The van der Waals surface area contributed by atoms with Gasteiger partial charge in [-0.1, -0.05) is 33.6 Å². The quantitative estimate of drug-likeness (QED) is 0.535. The Morgan fingerprint density at radius 1 is 1.07 bits per heavy atom. The molecular formula is C13H26F2. The topological polar surface area (TPSA) is 0 Å². The number of hydrogen-bond acceptors (Lipinski definition) is 0. The van der Waals surface area contributed by atoms with Gasteiger partial charge < -0.3 is 0 Å². The summed E-state index contributed by atoms with van der Waals surface area (Å²) in [4.78, 5) is 0. The molecule has 0 aromatic carbocycles. The minimum absolute atomic E-state index is 0.0383. The Morgan fingerprint density at radius 3 is 2.07 bits per heavy atom. The van der Waals surface area contributed by atoms with Gasteiger partial charge in [0, 0.05) is 0 Å². The standard InChI is InChI=1S/C13H26F2/c1-5-7-11(3)13(4,15)10-9-12(14)8-6-2/h11-12H,5-10H2,1-4H3. The maximum absolute atomic E-state index is 14.1. The van der Waals surface area contributed by atoms with E-state index in [1.165, 1.54) is 0 Å². The van der Waals surface area contributed by atoms with E-state index in [0.29, 0.717) is 19.3 Å². The fourth-order valence-electron chi connectivity index (χ4n) is 1.88. The van der Waals surface area contributed by atoms with Crippen LogP contribution in [-0.4, -0.2) is 11.8 Å². The highest BCUT2D eigenvalue weighted by atomic mass is 19.1. The third-order valence-electron chi connectivity index (χ3n) is 3.30. The van der Waals surface area contributed by atoms with Gasteiger partial charge in [-0.2, -0.15) is 0 Å². The molecule has 0 aromatic heterocycles. The highest BCUT2D eigenvalue weighted by Gasteiger charge is 2.30. The molecular weight excluding hydrogens is 194 g/mol. The molecule has 0 fully saturated rings. The number of halogens is 2. The van der Waals surface area contributed by atoms with Crippen molar-refractivity contribution >= 4 is 0 Å². The molecule has 3 atom stereocenters. The van der Waals surface area contributed by atoms with Gasteiger partial charge in [-0.15, -0.1) is 0 Å². The van der Waals surface area contributed by atoms with Crippen LogP contribution < -0.4 is 0 Å². The summed E-state index contributed by atoms with van der Waals surface area (Å²) in [5.41, 5.74) is -1.20. The highest BCUT2D eigenvalue weighted by Crippen LogP contribution is 2.31. The summed E-state index contributed by atoms with van der Waals surface area (Å²) >= 11 is 0. The van der Waals surface area contributed by atoms with Crippen LogP contribution in [0.1, 0.15) is 66.2 Å². The summed E-state index contributed by atoms with van der Waals surface area (Å²) in [6, 6.07) is 0. The van der Waals surface area contributed by atoms with Crippen LogP contribution >= 0.6 is 0 Å². The Bertz CT molecular complexity index is 155. The van der Waals surface area contributed by atoms with Crippen LogP contribution in [0, 0.1) is 5.92 Å². The summed E-state index contributed by atoms with van der Waals surface area (Å²) in [5.74, 6) is 0.0383. The molecule has 0 saturated heterocycles. The Hall–Kier alpha value is -0.140. The highest BCUT2D eigenvalue weighted by molar-refractivity contribution is 4.80. The van der Waals surface area contributed by atoms with Crippen molar-refractivity contribution in [1.82, 2.24) is 0 Å². The van der Waals surface area contributed by atoms with E-state index in [-0.39, 0.29) is 5.92 Å². The van der Waals surface area contributed by atoms with Crippen LogP contribution in [0.15, 0.2) is 0 Å². The number of hydrogen-bond donors (Lipinski definition) is 0. The molecule has 0 spiro atoms. The van der Waals surface area contributed by atoms with Gasteiger partial charge in [0.1, 0.15) is 11.8 Å². The van der Waals surface area contributed by atoms with E-state index in [1.54, 1.807) is 6.92 Å². The zero-order valence-corrected chi connectivity index (χ0v) is 10.7. The maximum Gasteiger partial charge on any atom is 0.110 e. The molecule has 0 saturated carbocycles. The van der Waals surface area contributed by atoms with Crippen LogP contribution in [0.4, 0.5) is 8.78 Å². The molecule has 0 aliphatic heterocycles. The summed E-state index contributed by atoms with van der Waals surface area (Å²) in [5, 5.41) is 0. The lowest BCUT2D eigenvalue weighted by Crippen LogP contribution is -2.28. The number of alkyl halides is 2. The maximum atomic E-state index is 14.1. The molecule has 0 rings (SSSR count). The van der Waals surface area contributed by atoms with Crippen molar-refractivity contribution in [2.45, 2.75) is 78.1 Å². The molecule has 2 heteroatoms. The van der Waals surface area contributed by atoms with Gasteiger partial charge in [0.15, 0.2) is 0 Å². The van der Waals surface area contributed by atoms with Gasteiger partial charge in [-0.25, -0.2) is 8.78 Å². The molecule has 15 heavy (non-hydrogen) atoms. The summed E-state index contributed by atoms with van der Waals surface area (Å²) in [7, 11) is 0. The second-order valence-corrected chi connectivity index (χ2v) is 4.89. The van der Waals surface area contributed by atoms with Crippen LogP contribution in [0.2, 0.25) is 0 Å². The predicted molar refractivity (Wildman–Crippen MR) is 62.6 cm³/mol. The van der Waals surface area contributed by atoms with E-state index in [4.69, 9.17) is 0 Å². The molecule has 3 unspecified atom stereocenters. The van der Waals surface area contributed by atoms with Crippen LogP contribution in [-0.2, 0) is 0 Å². The third kappa shape index (κ3) is 6.11. The second kappa shape index (κ2) is 7.19. The lowest BCUT2D eigenvalue weighted by Gasteiger charge is -2.28. The van der Waals surface area contributed by atoms with Crippen molar-refractivity contribution in [3.63, 3.8) is 0 Å². The van der Waals surface area contributed by atoms with E-state index in [2.05, 4.69) is 6.92 Å². The van der Waals surface area contributed by atoms with Crippen molar-refractivity contribution in [1.29, 1.82) is 0 Å². The fourth-order valence-corrected chi connectivity index (χ4v) is 1.88.